The molecule has 0 aliphatic rings. The van der Waals surface area contributed by atoms with E-state index in [1.165, 1.54) is 6.07 Å². The van der Waals surface area contributed by atoms with Crippen molar-refractivity contribution in [2.24, 2.45) is 0 Å². The molecule has 0 aliphatic heterocycles. The van der Waals surface area contributed by atoms with Gasteiger partial charge in [-0.25, -0.2) is 8.78 Å². The minimum atomic E-state index is -0.735. The number of halogens is 3. The lowest BCUT2D eigenvalue weighted by atomic mass is 10.2. The van der Waals surface area contributed by atoms with Gasteiger partial charge in [0.15, 0.2) is 0 Å². The molecule has 0 unspecified atom stereocenters. The van der Waals surface area contributed by atoms with Gasteiger partial charge in [0.05, 0.1) is 6.54 Å². The Bertz CT molecular complexity index is 656. The summed E-state index contributed by atoms with van der Waals surface area (Å²) in [4.78, 5) is 11.8. The average molecular weight is 355 g/mol. The van der Waals surface area contributed by atoms with Gasteiger partial charge in [-0.1, -0.05) is 28.1 Å². The van der Waals surface area contributed by atoms with E-state index in [0.717, 1.165) is 22.2 Å². The largest absolute Gasteiger partial charge is 0.371 e. The molecule has 0 radical (unpaired) electrons. The molecular weight excluding hydrogens is 342 g/mol. The maximum absolute atomic E-state index is 13.4. The second kappa shape index (κ2) is 6.67. The standard InChI is InChI=1S/C15H13BrF2N2O/c1-9-5-6-10(7-11(9)16)20-14(21)8-19-15-12(17)3-2-4-13(15)18/h2-7,19H,8H2,1H3,(H,20,21). The average Bonchev–Trinajstić information content (AvgIpc) is 2.42. The van der Waals surface area contributed by atoms with Crippen LogP contribution in [-0.2, 0) is 4.79 Å². The number of nitrogens with one attached hydrogen (secondary N) is 2. The number of hydrogen-bond donors (Lipinski definition) is 2. The van der Waals surface area contributed by atoms with E-state index < -0.39 is 17.5 Å². The van der Waals surface area contributed by atoms with Crippen molar-refractivity contribution in [1.82, 2.24) is 0 Å². The van der Waals surface area contributed by atoms with Gasteiger partial charge in [-0.15, -0.1) is 0 Å². The monoisotopic (exact) mass is 354 g/mol. The van der Waals surface area contributed by atoms with E-state index in [4.69, 9.17) is 0 Å². The van der Waals surface area contributed by atoms with E-state index in [-0.39, 0.29) is 12.2 Å². The summed E-state index contributed by atoms with van der Waals surface area (Å²) in [5.74, 6) is -1.87. The highest BCUT2D eigenvalue weighted by Crippen LogP contribution is 2.21. The molecule has 2 rings (SSSR count). The molecule has 0 atom stereocenters. The van der Waals surface area contributed by atoms with Crippen molar-refractivity contribution in [3.8, 4) is 0 Å². The number of para-hydroxylation sites is 1. The van der Waals surface area contributed by atoms with Gasteiger partial charge >= 0.3 is 0 Å². The highest BCUT2D eigenvalue weighted by atomic mass is 79.9. The van der Waals surface area contributed by atoms with Crippen molar-refractivity contribution in [3.05, 3.63) is 58.1 Å². The van der Waals surface area contributed by atoms with Crippen LogP contribution in [0.2, 0.25) is 0 Å². The minimum absolute atomic E-state index is 0.233. The number of amides is 1. The molecule has 0 spiro atoms. The number of carbonyl (C=O) groups is 1. The van der Waals surface area contributed by atoms with Gasteiger partial charge in [0, 0.05) is 10.2 Å². The lowest BCUT2D eigenvalue weighted by Crippen LogP contribution is -2.22. The highest BCUT2D eigenvalue weighted by Gasteiger charge is 2.10. The lowest BCUT2D eigenvalue weighted by molar-refractivity contribution is -0.114. The van der Waals surface area contributed by atoms with E-state index in [9.17, 15) is 13.6 Å². The van der Waals surface area contributed by atoms with Crippen LogP contribution < -0.4 is 10.6 Å². The Kier molecular flexibility index (Phi) is 4.90. The van der Waals surface area contributed by atoms with Crippen LogP contribution in [0.25, 0.3) is 0 Å². The van der Waals surface area contributed by atoms with Crippen LogP contribution in [0, 0.1) is 18.6 Å². The molecule has 110 valence electrons. The Labute approximate surface area is 129 Å². The summed E-state index contributed by atoms with van der Waals surface area (Å²) in [6, 6.07) is 8.88. The SMILES string of the molecule is Cc1ccc(NC(=O)CNc2c(F)cccc2F)cc1Br. The predicted octanol–water partition coefficient (Wildman–Crippen LogP) is 4.09. The molecule has 3 nitrogen and oxygen atoms in total. The molecular formula is C15H13BrF2N2O. The van der Waals surface area contributed by atoms with E-state index in [0.29, 0.717) is 5.69 Å². The highest BCUT2D eigenvalue weighted by molar-refractivity contribution is 9.10. The molecule has 2 N–H and O–H groups in total. The van der Waals surface area contributed by atoms with E-state index in [1.807, 2.05) is 13.0 Å². The molecule has 21 heavy (non-hydrogen) atoms. The number of anilines is 2. The van der Waals surface area contributed by atoms with E-state index in [1.54, 1.807) is 12.1 Å². The summed E-state index contributed by atoms with van der Waals surface area (Å²) >= 11 is 3.36. The normalized spacial score (nSPS) is 10.3. The van der Waals surface area contributed by atoms with Gasteiger partial charge in [0.25, 0.3) is 0 Å². The first-order valence-corrected chi connectivity index (χ1v) is 7.00. The van der Waals surface area contributed by atoms with Gasteiger partial charge in [0.1, 0.15) is 17.3 Å². The quantitative estimate of drug-likeness (QED) is 0.868. The molecule has 0 saturated heterocycles. The first-order valence-electron chi connectivity index (χ1n) is 6.21. The fourth-order valence-corrected chi connectivity index (χ4v) is 2.09. The van der Waals surface area contributed by atoms with Crippen molar-refractivity contribution in [1.29, 1.82) is 0 Å². The zero-order valence-electron chi connectivity index (χ0n) is 11.2. The van der Waals surface area contributed by atoms with Crippen molar-refractivity contribution in [2.45, 2.75) is 6.92 Å². The maximum Gasteiger partial charge on any atom is 0.243 e. The maximum atomic E-state index is 13.4. The summed E-state index contributed by atoms with van der Waals surface area (Å²) in [6.07, 6.45) is 0. The molecule has 6 heteroatoms. The second-order valence-electron chi connectivity index (χ2n) is 4.46. The number of rotatable bonds is 4. The van der Waals surface area contributed by atoms with Crippen molar-refractivity contribution >= 4 is 33.2 Å². The lowest BCUT2D eigenvalue weighted by Gasteiger charge is -2.10. The molecule has 2 aromatic carbocycles. The Morgan fingerprint density at radius 2 is 1.86 bits per heavy atom. The van der Waals surface area contributed by atoms with Crippen molar-refractivity contribution in [3.63, 3.8) is 0 Å². The zero-order valence-corrected chi connectivity index (χ0v) is 12.8. The van der Waals surface area contributed by atoms with Crippen molar-refractivity contribution in [2.75, 3.05) is 17.2 Å². The first-order chi connectivity index (χ1) is 9.97. The van der Waals surface area contributed by atoms with Crippen molar-refractivity contribution < 1.29 is 13.6 Å². The predicted molar refractivity (Wildman–Crippen MR) is 82.4 cm³/mol. The van der Waals surface area contributed by atoms with Crippen LogP contribution in [0.4, 0.5) is 20.2 Å². The third kappa shape index (κ3) is 4.01. The molecule has 0 heterocycles. The van der Waals surface area contributed by atoms with E-state index in [2.05, 4.69) is 26.6 Å². The topological polar surface area (TPSA) is 41.1 Å². The fourth-order valence-electron chi connectivity index (χ4n) is 1.71. The summed E-state index contributed by atoms with van der Waals surface area (Å²) in [5.41, 5.74) is 1.34. The van der Waals surface area contributed by atoms with Gasteiger partial charge < -0.3 is 10.6 Å². The van der Waals surface area contributed by atoms with E-state index >= 15 is 0 Å². The summed E-state index contributed by atoms with van der Waals surface area (Å²) in [7, 11) is 0. The Morgan fingerprint density at radius 1 is 1.19 bits per heavy atom. The number of carbonyl (C=O) groups excluding carboxylic acids is 1. The zero-order chi connectivity index (χ0) is 15.4. The number of benzene rings is 2. The molecule has 0 aliphatic carbocycles. The Balaban J connectivity index is 1.97. The molecule has 2 aromatic rings. The van der Waals surface area contributed by atoms with Gasteiger partial charge in [-0.3, -0.25) is 4.79 Å². The second-order valence-corrected chi connectivity index (χ2v) is 5.32. The van der Waals surface area contributed by atoms with Gasteiger partial charge in [0.2, 0.25) is 5.91 Å². The minimum Gasteiger partial charge on any atom is -0.371 e. The number of hydrogen-bond acceptors (Lipinski definition) is 2. The van der Waals surface area contributed by atoms with Gasteiger partial charge in [-0.05, 0) is 36.8 Å². The molecule has 1 amide bonds. The first kappa shape index (κ1) is 15.4. The third-order valence-corrected chi connectivity index (χ3v) is 3.70. The van der Waals surface area contributed by atoms with Crippen LogP contribution in [0.3, 0.4) is 0 Å². The summed E-state index contributed by atoms with van der Waals surface area (Å²) in [6.45, 7) is 1.70. The molecule has 0 aromatic heterocycles. The summed E-state index contributed by atoms with van der Waals surface area (Å²) < 4.78 is 27.6. The summed E-state index contributed by atoms with van der Waals surface area (Å²) in [5, 5.41) is 5.10. The van der Waals surface area contributed by atoms with Crippen LogP contribution in [0.1, 0.15) is 5.56 Å². The Morgan fingerprint density at radius 3 is 2.48 bits per heavy atom. The fraction of sp³-hybridized carbons (Fsp3) is 0.133. The Hall–Kier alpha value is -1.95. The van der Waals surface area contributed by atoms with Crippen LogP contribution >= 0.6 is 15.9 Å². The molecule has 0 bridgehead atoms. The third-order valence-electron chi connectivity index (χ3n) is 2.84. The smallest absolute Gasteiger partial charge is 0.243 e. The van der Waals surface area contributed by atoms with Crippen LogP contribution in [0.15, 0.2) is 40.9 Å². The molecule has 0 fully saturated rings. The number of aryl methyl sites for hydroxylation is 1. The van der Waals surface area contributed by atoms with Gasteiger partial charge in [-0.2, -0.15) is 0 Å². The van der Waals surface area contributed by atoms with Crippen LogP contribution in [-0.4, -0.2) is 12.5 Å². The van der Waals surface area contributed by atoms with Crippen LogP contribution in [0.5, 0.6) is 0 Å². The molecule has 0 saturated carbocycles.